The van der Waals surface area contributed by atoms with Gasteiger partial charge in [0.15, 0.2) is 0 Å². The van der Waals surface area contributed by atoms with E-state index in [0.29, 0.717) is 6.42 Å². The molecule has 0 saturated heterocycles. The highest BCUT2D eigenvalue weighted by Crippen LogP contribution is 2.22. The van der Waals surface area contributed by atoms with Gasteiger partial charge in [-0.25, -0.2) is 0 Å². The van der Waals surface area contributed by atoms with E-state index in [1.165, 1.54) is 44.9 Å². The molecule has 0 unspecified atom stereocenters. The van der Waals surface area contributed by atoms with E-state index in [9.17, 15) is 4.79 Å². The normalized spacial score (nSPS) is 12.1. The first-order valence-corrected chi connectivity index (χ1v) is 11.1. The van der Waals surface area contributed by atoms with Crippen LogP contribution in [-0.4, -0.2) is 48.3 Å². The molecular formula is C22H43NO5. The number of nitrogens with two attached hydrogens (primary N) is 1. The minimum absolute atomic E-state index is 0.0300. The van der Waals surface area contributed by atoms with Crippen molar-refractivity contribution in [3.63, 3.8) is 0 Å². The largest absolute Gasteiger partial charge is 0.394 e. The average Bonchev–Trinajstić information content (AvgIpc) is 2.69. The fraction of sp³-hybridized carbons (Fsp3) is 0.864. The van der Waals surface area contributed by atoms with Crippen molar-refractivity contribution in [3.8, 4) is 0 Å². The zero-order valence-electron chi connectivity index (χ0n) is 17.9. The van der Waals surface area contributed by atoms with Crippen LogP contribution in [-0.2, 0) is 14.3 Å². The van der Waals surface area contributed by atoms with Crippen LogP contribution in [0.4, 0.5) is 0 Å². The van der Waals surface area contributed by atoms with E-state index in [1.54, 1.807) is 0 Å². The van der Waals surface area contributed by atoms with Crippen molar-refractivity contribution in [2.45, 2.75) is 96.2 Å². The maximum absolute atomic E-state index is 11.8. The topological polar surface area (TPSA) is 102 Å². The lowest BCUT2D eigenvalue weighted by molar-refractivity contribution is -0.236. The van der Waals surface area contributed by atoms with Gasteiger partial charge in [-0.3, -0.25) is 4.79 Å². The number of allylic oxidation sites excluding steroid dienone is 2. The summed E-state index contributed by atoms with van der Waals surface area (Å²) in [5.74, 6) is -2.27. The summed E-state index contributed by atoms with van der Waals surface area (Å²) < 4.78 is 10.8. The Bertz CT molecular complexity index is 379. The van der Waals surface area contributed by atoms with Gasteiger partial charge in [0.05, 0.1) is 26.4 Å². The van der Waals surface area contributed by atoms with Gasteiger partial charge in [0.1, 0.15) is 0 Å². The van der Waals surface area contributed by atoms with E-state index in [-0.39, 0.29) is 26.4 Å². The third-order valence-corrected chi connectivity index (χ3v) is 4.75. The van der Waals surface area contributed by atoms with E-state index in [1.807, 2.05) is 0 Å². The molecule has 0 spiro atoms. The third-order valence-electron chi connectivity index (χ3n) is 4.75. The second kappa shape index (κ2) is 19.4. The molecule has 0 aromatic heterocycles. The van der Waals surface area contributed by atoms with Gasteiger partial charge in [-0.2, -0.15) is 0 Å². The lowest BCUT2D eigenvalue weighted by Gasteiger charge is -2.30. The Kier molecular flexibility index (Phi) is 18.7. The van der Waals surface area contributed by atoms with Crippen molar-refractivity contribution < 1.29 is 24.5 Å². The van der Waals surface area contributed by atoms with Crippen LogP contribution in [0.25, 0.3) is 0 Å². The van der Waals surface area contributed by atoms with Crippen molar-refractivity contribution in [3.05, 3.63) is 12.2 Å². The summed E-state index contributed by atoms with van der Waals surface area (Å²) >= 11 is 0. The van der Waals surface area contributed by atoms with Gasteiger partial charge in [0.2, 0.25) is 5.79 Å². The molecule has 166 valence electrons. The lowest BCUT2D eigenvalue weighted by Crippen LogP contribution is -2.49. The second-order valence-electron chi connectivity index (χ2n) is 7.24. The molecule has 0 radical (unpaired) electrons. The summed E-state index contributed by atoms with van der Waals surface area (Å²) in [6.45, 7) is 1.74. The highest BCUT2D eigenvalue weighted by Gasteiger charge is 2.38. The fourth-order valence-electron chi connectivity index (χ4n) is 3.12. The summed E-state index contributed by atoms with van der Waals surface area (Å²) in [7, 11) is 0. The molecule has 0 rings (SSSR count). The smallest absolute Gasteiger partial charge is 0.277 e. The summed E-state index contributed by atoms with van der Waals surface area (Å²) in [4.78, 5) is 11.8. The van der Waals surface area contributed by atoms with Crippen molar-refractivity contribution in [2.75, 3.05) is 26.4 Å². The van der Waals surface area contributed by atoms with Crippen molar-refractivity contribution >= 4 is 5.91 Å². The number of aliphatic hydroxyl groups is 2. The highest BCUT2D eigenvalue weighted by molar-refractivity contribution is 5.81. The number of hydrogen-bond donors (Lipinski definition) is 3. The summed E-state index contributed by atoms with van der Waals surface area (Å²) in [5.41, 5.74) is 5.45. The molecule has 6 nitrogen and oxygen atoms in total. The predicted molar refractivity (Wildman–Crippen MR) is 113 cm³/mol. The molecule has 4 N–H and O–H groups in total. The number of hydrogen-bond acceptors (Lipinski definition) is 5. The number of ether oxygens (including phenoxy) is 2. The van der Waals surface area contributed by atoms with E-state index < -0.39 is 11.7 Å². The van der Waals surface area contributed by atoms with Crippen LogP contribution in [0.2, 0.25) is 0 Å². The van der Waals surface area contributed by atoms with Crippen LogP contribution >= 0.6 is 0 Å². The second-order valence-corrected chi connectivity index (χ2v) is 7.24. The summed E-state index contributed by atoms with van der Waals surface area (Å²) in [6.07, 6.45) is 19.0. The van der Waals surface area contributed by atoms with Crippen molar-refractivity contribution in [1.29, 1.82) is 0 Å². The Morgan fingerprint density at radius 3 is 1.75 bits per heavy atom. The minimum Gasteiger partial charge on any atom is -0.394 e. The van der Waals surface area contributed by atoms with E-state index in [2.05, 4.69) is 19.1 Å². The lowest BCUT2D eigenvalue weighted by atomic mass is 10.0. The Hall–Kier alpha value is -0.950. The maximum atomic E-state index is 11.8. The zero-order valence-corrected chi connectivity index (χ0v) is 17.9. The van der Waals surface area contributed by atoms with Crippen LogP contribution in [0.3, 0.4) is 0 Å². The molecule has 0 aromatic rings. The Morgan fingerprint density at radius 2 is 1.29 bits per heavy atom. The first-order valence-electron chi connectivity index (χ1n) is 11.1. The quantitative estimate of drug-likeness (QED) is 0.154. The maximum Gasteiger partial charge on any atom is 0.277 e. The number of carbonyl (C=O) groups excluding carboxylic acids is 1. The standard InChI is InChI=1S/C22H43NO5/c1-2-3-4-5-6-7-8-9-10-11-12-13-14-15-16-22(21(23)26,27-19-17-24)28-20-18-25/h9-10,24-25H,2-8,11-20H2,1H3,(H2,23,26). The molecule has 0 bridgehead atoms. The van der Waals surface area contributed by atoms with Gasteiger partial charge in [-0.15, -0.1) is 0 Å². The molecule has 6 heteroatoms. The van der Waals surface area contributed by atoms with Crippen LogP contribution in [0.1, 0.15) is 90.4 Å². The average molecular weight is 402 g/mol. The molecule has 0 aromatic carbocycles. The number of aliphatic hydroxyl groups excluding tert-OH is 2. The van der Waals surface area contributed by atoms with E-state index >= 15 is 0 Å². The van der Waals surface area contributed by atoms with E-state index in [4.69, 9.17) is 25.4 Å². The first kappa shape index (κ1) is 27.0. The minimum atomic E-state index is -1.55. The van der Waals surface area contributed by atoms with Gasteiger partial charge in [0, 0.05) is 6.42 Å². The SMILES string of the molecule is CCCCCCCCC=CCCCCCCC(OCCO)(OCCO)C(N)=O. The van der Waals surface area contributed by atoms with Gasteiger partial charge < -0.3 is 25.4 Å². The van der Waals surface area contributed by atoms with Crippen molar-refractivity contribution in [1.82, 2.24) is 0 Å². The zero-order chi connectivity index (χ0) is 20.9. The van der Waals surface area contributed by atoms with Gasteiger partial charge in [0.25, 0.3) is 5.91 Å². The number of primary amides is 1. The molecule has 0 atom stereocenters. The fourth-order valence-corrected chi connectivity index (χ4v) is 3.12. The third kappa shape index (κ3) is 14.1. The molecule has 0 heterocycles. The molecule has 0 saturated carbocycles. The Balaban J connectivity index is 3.86. The molecule has 0 fully saturated rings. The molecule has 0 aliphatic carbocycles. The number of unbranched alkanes of at least 4 members (excludes halogenated alkanes) is 10. The van der Waals surface area contributed by atoms with E-state index in [0.717, 1.165) is 32.1 Å². The summed E-state index contributed by atoms with van der Waals surface area (Å²) in [6, 6.07) is 0. The molecule has 0 aliphatic rings. The Labute approximate surface area is 171 Å². The monoisotopic (exact) mass is 401 g/mol. The van der Waals surface area contributed by atoms with Crippen LogP contribution in [0, 0.1) is 0 Å². The van der Waals surface area contributed by atoms with Gasteiger partial charge >= 0.3 is 0 Å². The molecule has 0 aliphatic heterocycles. The highest BCUT2D eigenvalue weighted by atomic mass is 16.7. The number of amides is 1. The first-order chi connectivity index (χ1) is 13.6. The van der Waals surface area contributed by atoms with Crippen LogP contribution in [0.15, 0.2) is 12.2 Å². The van der Waals surface area contributed by atoms with Crippen LogP contribution in [0.5, 0.6) is 0 Å². The van der Waals surface area contributed by atoms with Gasteiger partial charge in [-0.05, 0) is 32.1 Å². The Morgan fingerprint density at radius 1 is 0.821 bits per heavy atom. The summed E-state index contributed by atoms with van der Waals surface area (Å²) in [5, 5.41) is 17.9. The number of carbonyl (C=O) groups is 1. The van der Waals surface area contributed by atoms with Crippen molar-refractivity contribution in [2.24, 2.45) is 5.73 Å². The van der Waals surface area contributed by atoms with Gasteiger partial charge in [-0.1, -0.05) is 64.0 Å². The molecule has 1 amide bonds. The predicted octanol–water partition coefficient (Wildman–Crippen LogP) is 3.83. The molecular weight excluding hydrogens is 358 g/mol. The molecule has 28 heavy (non-hydrogen) atoms. The van der Waals surface area contributed by atoms with Crippen LogP contribution < -0.4 is 5.73 Å². The number of rotatable bonds is 21.